The maximum atomic E-state index is 12.0. The van der Waals surface area contributed by atoms with Crippen LogP contribution in [0.25, 0.3) is 11.0 Å². The highest BCUT2D eigenvalue weighted by Gasteiger charge is 2.35. The Balaban J connectivity index is 1.52. The molecule has 0 aromatic carbocycles. The van der Waals surface area contributed by atoms with Gasteiger partial charge in [-0.3, -0.25) is 0 Å². The van der Waals surface area contributed by atoms with E-state index >= 15 is 0 Å². The number of aromatic amines is 1. The van der Waals surface area contributed by atoms with Crippen LogP contribution in [0.2, 0.25) is 0 Å². The molecule has 5 heterocycles. The van der Waals surface area contributed by atoms with Crippen molar-refractivity contribution in [3.05, 3.63) is 47.8 Å². The smallest absolute Gasteiger partial charge is 0.211 e. The van der Waals surface area contributed by atoms with Gasteiger partial charge in [0.15, 0.2) is 0 Å². The molecule has 152 valence electrons. The predicted molar refractivity (Wildman–Crippen MR) is 111 cm³/mol. The Labute approximate surface area is 170 Å². The summed E-state index contributed by atoms with van der Waals surface area (Å²) < 4.78 is 25.5. The number of nitrogens with zero attached hydrogens (tertiary/aromatic N) is 5. The lowest BCUT2D eigenvalue weighted by molar-refractivity contribution is 0.476. The summed E-state index contributed by atoms with van der Waals surface area (Å²) in [5, 5.41) is 1.10. The van der Waals surface area contributed by atoms with E-state index in [1.54, 1.807) is 10.6 Å². The minimum absolute atomic E-state index is 0.112. The molecule has 0 bridgehead atoms. The number of hydrogen-bond donors (Lipinski definition) is 1. The summed E-state index contributed by atoms with van der Waals surface area (Å²) in [6, 6.07) is 4.41. The number of H-pyrrole nitrogens is 1. The van der Waals surface area contributed by atoms with Gasteiger partial charge >= 0.3 is 0 Å². The molecule has 1 N–H and O–H groups in total. The van der Waals surface area contributed by atoms with Crippen molar-refractivity contribution < 1.29 is 8.42 Å². The van der Waals surface area contributed by atoms with Gasteiger partial charge in [0.2, 0.25) is 10.0 Å². The molecule has 0 spiro atoms. The van der Waals surface area contributed by atoms with Crippen molar-refractivity contribution >= 4 is 26.7 Å². The summed E-state index contributed by atoms with van der Waals surface area (Å²) in [4.78, 5) is 19.2. The van der Waals surface area contributed by atoms with Crippen LogP contribution in [0.15, 0.2) is 30.9 Å². The average Bonchev–Trinajstić information content (AvgIpc) is 3.36. The molecule has 0 saturated carbocycles. The largest absolute Gasteiger partial charge is 0.363 e. The van der Waals surface area contributed by atoms with Gasteiger partial charge in [0, 0.05) is 67.0 Å². The molecule has 3 aromatic rings. The number of rotatable bonds is 3. The molecule has 29 heavy (non-hydrogen) atoms. The minimum Gasteiger partial charge on any atom is -0.363 e. The summed E-state index contributed by atoms with van der Waals surface area (Å²) >= 11 is 0. The second-order valence-electron chi connectivity index (χ2n) is 8.04. The van der Waals surface area contributed by atoms with Crippen LogP contribution in [0.1, 0.15) is 36.2 Å². The van der Waals surface area contributed by atoms with Crippen molar-refractivity contribution in [2.45, 2.75) is 38.3 Å². The molecule has 0 radical (unpaired) electrons. The summed E-state index contributed by atoms with van der Waals surface area (Å²) in [5.74, 6) is 0.112. The molecule has 0 aliphatic carbocycles. The first-order chi connectivity index (χ1) is 13.9. The average molecular weight is 413 g/mol. The van der Waals surface area contributed by atoms with Crippen molar-refractivity contribution in [2.24, 2.45) is 0 Å². The fourth-order valence-corrected chi connectivity index (χ4v) is 5.54. The van der Waals surface area contributed by atoms with Gasteiger partial charge in [-0.05, 0) is 25.5 Å². The number of hydrogen-bond acceptors (Lipinski definition) is 6. The molecule has 5 rings (SSSR count). The van der Waals surface area contributed by atoms with Crippen LogP contribution < -0.4 is 4.90 Å². The molecule has 0 unspecified atom stereocenters. The van der Waals surface area contributed by atoms with Crippen LogP contribution >= 0.6 is 0 Å². The van der Waals surface area contributed by atoms with Crippen LogP contribution in [-0.4, -0.2) is 58.0 Å². The predicted octanol–water partition coefficient (Wildman–Crippen LogP) is 2.05. The summed E-state index contributed by atoms with van der Waals surface area (Å²) in [7, 11) is -3.18. The monoisotopic (exact) mass is 412 g/mol. The maximum Gasteiger partial charge on any atom is 0.211 e. The molecule has 9 heteroatoms. The van der Waals surface area contributed by atoms with Gasteiger partial charge in [-0.15, -0.1) is 0 Å². The first-order valence-corrected chi connectivity index (χ1v) is 11.7. The van der Waals surface area contributed by atoms with E-state index in [0.717, 1.165) is 46.5 Å². The van der Waals surface area contributed by atoms with Crippen LogP contribution in [-0.2, 0) is 23.0 Å². The molecule has 1 saturated heterocycles. The number of pyridine rings is 1. The molecule has 3 aromatic heterocycles. The van der Waals surface area contributed by atoms with Crippen LogP contribution in [0, 0.1) is 0 Å². The topological polar surface area (TPSA) is 95.1 Å². The van der Waals surface area contributed by atoms with Crippen molar-refractivity contribution in [3.8, 4) is 0 Å². The lowest BCUT2D eigenvalue weighted by atomic mass is 9.92. The highest BCUT2D eigenvalue weighted by Crippen LogP contribution is 2.36. The van der Waals surface area contributed by atoms with Gasteiger partial charge in [0.1, 0.15) is 12.0 Å². The quantitative estimate of drug-likeness (QED) is 0.707. The van der Waals surface area contributed by atoms with E-state index in [1.165, 1.54) is 6.26 Å². The third-order valence-corrected chi connectivity index (χ3v) is 7.44. The molecule has 1 fully saturated rings. The Morgan fingerprint density at radius 1 is 1.21 bits per heavy atom. The minimum atomic E-state index is -3.18. The zero-order valence-corrected chi connectivity index (χ0v) is 17.4. The van der Waals surface area contributed by atoms with Crippen LogP contribution in [0.4, 0.5) is 5.69 Å². The molecular formula is C20H24N6O2S. The molecule has 8 nitrogen and oxygen atoms in total. The van der Waals surface area contributed by atoms with E-state index in [2.05, 4.69) is 43.9 Å². The summed E-state index contributed by atoms with van der Waals surface area (Å²) in [6.07, 6.45) is 8.29. The fraction of sp³-hybridized carbons (Fsp3) is 0.450. The number of sulfonamides is 1. The van der Waals surface area contributed by atoms with E-state index in [-0.39, 0.29) is 5.92 Å². The zero-order valence-electron chi connectivity index (χ0n) is 16.5. The number of fused-ring (bicyclic) bond motifs is 2. The fourth-order valence-electron chi connectivity index (χ4n) is 4.65. The Morgan fingerprint density at radius 3 is 2.86 bits per heavy atom. The van der Waals surface area contributed by atoms with E-state index in [0.29, 0.717) is 25.7 Å². The first-order valence-electron chi connectivity index (χ1n) is 9.88. The molecule has 2 atom stereocenters. The van der Waals surface area contributed by atoms with Gasteiger partial charge in [0.05, 0.1) is 17.6 Å². The normalized spacial score (nSPS) is 22.9. The maximum absolute atomic E-state index is 12.0. The second kappa shape index (κ2) is 6.77. The van der Waals surface area contributed by atoms with E-state index in [4.69, 9.17) is 0 Å². The van der Waals surface area contributed by atoms with Crippen molar-refractivity contribution in [3.63, 3.8) is 0 Å². The van der Waals surface area contributed by atoms with Crippen molar-refractivity contribution in [1.29, 1.82) is 0 Å². The van der Waals surface area contributed by atoms with Gasteiger partial charge in [0.25, 0.3) is 0 Å². The SMILES string of the molecule is C[C@@H]1Cc2ncnc([C@H]3CCN(S(C)(=O)=O)C3)c2CN1c1ccnc2[nH]ccc12. The number of anilines is 1. The second-order valence-corrected chi connectivity index (χ2v) is 10.0. The Hall–Kier alpha value is -2.52. The Bertz CT molecular complexity index is 1170. The van der Waals surface area contributed by atoms with E-state index < -0.39 is 10.0 Å². The Morgan fingerprint density at radius 2 is 2.07 bits per heavy atom. The van der Waals surface area contributed by atoms with Crippen LogP contribution in [0.5, 0.6) is 0 Å². The molecule has 2 aliphatic heterocycles. The van der Waals surface area contributed by atoms with E-state index in [9.17, 15) is 8.42 Å². The molecular weight excluding hydrogens is 388 g/mol. The summed E-state index contributed by atoms with van der Waals surface area (Å²) in [5.41, 5.74) is 5.25. The van der Waals surface area contributed by atoms with Gasteiger partial charge < -0.3 is 9.88 Å². The Kier molecular flexibility index (Phi) is 4.32. The lowest BCUT2D eigenvalue weighted by Crippen LogP contribution is -2.40. The van der Waals surface area contributed by atoms with Crippen LogP contribution in [0.3, 0.4) is 0 Å². The summed E-state index contributed by atoms with van der Waals surface area (Å²) in [6.45, 7) is 3.98. The standard InChI is InChI=1S/C20H24N6O2S/c1-13-9-17-16(11-26(13)18-4-7-22-20-15(18)3-6-21-20)19(24-12-23-17)14-5-8-25(10-14)29(2,27)28/h3-4,6-7,12-14H,5,8-11H2,1-2H3,(H,21,22)/t13-,14+/m1/s1. The first kappa shape index (κ1) is 18.5. The third kappa shape index (κ3) is 3.18. The van der Waals surface area contributed by atoms with E-state index in [1.807, 2.05) is 12.4 Å². The number of aromatic nitrogens is 4. The van der Waals surface area contributed by atoms with Gasteiger partial charge in [-0.25, -0.2) is 27.7 Å². The molecule has 0 amide bonds. The number of nitrogens with one attached hydrogen (secondary N) is 1. The molecule has 2 aliphatic rings. The van der Waals surface area contributed by atoms with Crippen molar-refractivity contribution in [2.75, 3.05) is 24.2 Å². The van der Waals surface area contributed by atoms with Gasteiger partial charge in [-0.2, -0.15) is 0 Å². The third-order valence-electron chi connectivity index (χ3n) is 6.17. The highest BCUT2D eigenvalue weighted by molar-refractivity contribution is 7.88. The zero-order chi connectivity index (χ0) is 20.2. The highest BCUT2D eigenvalue weighted by atomic mass is 32.2. The lowest BCUT2D eigenvalue weighted by Gasteiger charge is -2.37. The van der Waals surface area contributed by atoms with Gasteiger partial charge in [-0.1, -0.05) is 0 Å². The van der Waals surface area contributed by atoms with Crippen molar-refractivity contribution in [1.82, 2.24) is 24.2 Å².